The second-order valence-electron chi connectivity index (χ2n) is 3.63. The Morgan fingerprint density at radius 3 is 2.76 bits per heavy atom. The Labute approximate surface area is 103 Å². The summed E-state index contributed by atoms with van der Waals surface area (Å²) in [5, 5.41) is 0.479. The summed E-state index contributed by atoms with van der Waals surface area (Å²) in [7, 11) is 0. The third-order valence-electron chi connectivity index (χ3n) is 2.41. The topological polar surface area (TPSA) is 30.0 Å². The fourth-order valence-corrected chi connectivity index (χ4v) is 1.60. The van der Waals surface area contributed by atoms with Gasteiger partial charge in [0.1, 0.15) is 5.69 Å². The molecule has 0 saturated heterocycles. The first-order chi connectivity index (χ1) is 8.09. The fraction of sp³-hybridized carbons (Fsp3) is 0.0769. The predicted octanol–water partition coefficient (Wildman–Crippen LogP) is 3.41. The molecule has 2 aromatic rings. The van der Waals surface area contributed by atoms with E-state index in [9.17, 15) is 9.18 Å². The van der Waals surface area contributed by atoms with Crippen LogP contribution in [0.2, 0.25) is 5.02 Å². The number of carbonyl (C=O) groups excluding carboxylic acids is 1. The summed E-state index contributed by atoms with van der Waals surface area (Å²) < 4.78 is 13.4. The van der Waals surface area contributed by atoms with Crippen LogP contribution >= 0.6 is 11.6 Å². The van der Waals surface area contributed by atoms with Gasteiger partial charge >= 0.3 is 0 Å². The van der Waals surface area contributed by atoms with Crippen LogP contribution in [0, 0.1) is 12.7 Å². The number of carbonyl (C=O) groups is 1. The highest BCUT2D eigenvalue weighted by atomic mass is 35.5. The minimum Gasteiger partial charge on any atom is -0.287 e. The molecule has 2 rings (SSSR count). The SMILES string of the molecule is Cc1ccc(C(=O)c2ncccc2F)cc1Cl. The average Bonchev–Trinajstić information content (AvgIpc) is 2.32. The van der Waals surface area contributed by atoms with Gasteiger partial charge in [0, 0.05) is 16.8 Å². The molecule has 0 aliphatic carbocycles. The van der Waals surface area contributed by atoms with E-state index in [2.05, 4.69) is 4.98 Å². The van der Waals surface area contributed by atoms with Crippen LogP contribution in [-0.2, 0) is 0 Å². The van der Waals surface area contributed by atoms with Crippen molar-refractivity contribution >= 4 is 17.4 Å². The highest BCUT2D eigenvalue weighted by molar-refractivity contribution is 6.31. The first-order valence-corrected chi connectivity index (χ1v) is 5.39. The molecule has 0 aliphatic heterocycles. The quantitative estimate of drug-likeness (QED) is 0.764. The van der Waals surface area contributed by atoms with Crippen molar-refractivity contribution in [2.24, 2.45) is 0 Å². The molecule has 0 N–H and O–H groups in total. The number of rotatable bonds is 2. The second-order valence-corrected chi connectivity index (χ2v) is 4.03. The van der Waals surface area contributed by atoms with Gasteiger partial charge in [0.15, 0.2) is 5.82 Å². The molecule has 1 heterocycles. The summed E-state index contributed by atoms with van der Waals surface area (Å²) in [6.07, 6.45) is 1.38. The van der Waals surface area contributed by atoms with E-state index in [4.69, 9.17) is 11.6 Å². The van der Waals surface area contributed by atoms with E-state index in [0.29, 0.717) is 10.6 Å². The van der Waals surface area contributed by atoms with Gasteiger partial charge < -0.3 is 0 Å². The number of halogens is 2. The molecule has 2 nitrogen and oxygen atoms in total. The monoisotopic (exact) mass is 249 g/mol. The lowest BCUT2D eigenvalue weighted by Crippen LogP contribution is -2.06. The van der Waals surface area contributed by atoms with Crippen LogP contribution in [-0.4, -0.2) is 10.8 Å². The maximum Gasteiger partial charge on any atom is 0.214 e. The van der Waals surface area contributed by atoms with Crippen LogP contribution in [0.3, 0.4) is 0 Å². The van der Waals surface area contributed by atoms with Gasteiger partial charge in [0.25, 0.3) is 0 Å². The highest BCUT2D eigenvalue weighted by Gasteiger charge is 2.15. The Morgan fingerprint density at radius 1 is 1.35 bits per heavy atom. The molecule has 0 bridgehead atoms. The van der Waals surface area contributed by atoms with E-state index < -0.39 is 11.6 Å². The maximum absolute atomic E-state index is 13.4. The van der Waals surface area contributed by atoms with Gasteiger partial charge in [-0.15, -0.1) is 0 Å². The molecule has 0 fully saturated rings. The normalized spacial score (nSPS) is 10.3. The third kappa shape index (κ3) is 2.34. The number of aryl methyl sites for hydroxylation is 1. The first-order valence-electron chi connectivity index (χ1n) is 5.01. The average molecular weight is 250 g/mol. The standard InChI is InChI=1S/C13H9ClFNO/c1-8-4-5-9(7-10(8)14)13(17)12-11(15)3-2-6-16-12/h2-7H,1H3. The van der Waals surface area contributed by atoms with Crippen LogP contribution in [0.5, 0.6) is 0 Å². The zero-order valence-electron chi connectivity index (χ0n) is 9.08. The van der Waals surface area contributed by atoms with Crippen molar-refractivity contribution in [3.05, 3.63) is 64.2 Å². The lowest BCUT2D eigenvalue weighted by atomic mass is 10.1. The molecule has 17 heavy (non-hydrogen) atoms. The number of benzene rings is 1. The molecule has 1 aromatic heterocycles. The van der Waals surface area contributed by atoms with Crippen LogP contribution in [0.15, 0.2) is 36.5 Å². The Balaban J connectivity index is 2.44. The van der Waals surface area contributed by atoms with Crippen molar-refractivity contribution in [2.45, 2.75) is 6.92 Å². The first kappa shape index (κ1) is 11.7. The summed E-state index contributed by atoms with van der Waals surface area (Å²) in [4.78, 5) is 15.7. The molecule has 4 heteroatoms. The summed E-state index contributed by atoms with van der Waals surface area (Å²) in [5.74, 6) is -1.10. The molecule has 0 saturated carbocycles. The molecular formula is C13H9ClFNO. The largest absolute Gasteiger partial charge is 0.287 e. The number of ketones is 1. The number of hydrogen-bond acceptors (Lipinski definition) is 2. The number of pyridine rings is 1. The minimum absolute atomic E-state index is 0.188. The van der Waals surface area contributed by atoms with E-state index in [-0.39, 0.29) is 5.69 Å². The zero-order chi connectivity index (χ0) is 12.4. The molecule has 1 aromatic carbocycles. The minimum atomic E-state index is -0.630. The molecule has 0 aliphatic rings. The van der Waals surface area contributed by atoms with Crippen LogP contribution < -0.4 is 0 Å². The Morgan fingerprint density at radius 2 is 2.12 bits per heavy atom. The summed E-state index contributed by atoms with van der Waals surface area (Å²) in [6, 6.07) is 7.49. The van der Waals surface area contributed by atoms with Crippen LogP contribution in [0.4, 0.5) is 4.39 Å². The van der Waals surface area contributed by atoms with Gasteiger partial charge in [0.05, 0.1) is 0 Å². The molecule has 0 radical (unpaired) electrons. The molecule has 0 amide bonds. The lowest BCUT2D eigenvalue weighted by molar-refractivity contribution is 0.103. The zero-order valence-corrected chi connectivity index (χ0v) is 9.83. The number of aromatic nitrogens is 1. The van der Waals surface area contributed by atoms with Gasteiger partial charge in [-0.2, -0.15) is 0 Å². The van der Waals surface area contributed by atoms with E-state index in [1.54, 1.807) is 12.1 Å². The van der Waals surface area contributed by atoms with Crippen molar-refractivity contribution in [3.8, 4) is 0 Å². The Hall–Kier alpha value is -1.74. The second kappa shape index (κ2) is 4.63. The highest BCUT2D eigenvalue weighted by Crippen LogP contribution is 2.19. The van der Waals surface area contributed by atoms with Gasteiger partial charge in [-0.3, -0.25) is 4.79 Å². The van der Waals surface area contributed by atoms with Crippen LogP contribution in [0.25, 0.3) is 0 Å². The smallest absolute Gasteiger partial charge is 0.214 e. The van der Waals surface area contributed by atoms with Gasteiger partial charge in [-0.05, 0) is 30.7 Å². The van der Waals surface area contributed by atoms with Gasteiger partial charge in [0.2, 0.25) is 5.78 Å². The molecule has 0 unspecified atom stereocenters. The summed E-state index contributed by atoms with van der Waals surface area (Å²) in [6.45, 7) is 1.83. The van der Waals surface area contributed by atoms with Gasteiger partial charge in [-0.25, -0.2) is 9.37 Å². The summed E-state index contributed by atoms with van der Waals surface area (Å²) >= 11 is 5.92. The van der Waals surface area contributed by atoms with Crippen molar-refractivity contribution in [1.29, 1.82) is 0 Å². The van der Waals surface area contributed by atoms with Gasteiger partial charge in [-0.1, -0.05) is 23.7 Å². The van der Waals surface area contributed by atoms with Crippen molar-refractivity contribution in [1.82, 2.24) is 4.98 Å². The molecule has 0 spiro atoms. The predicted molar refractivity (Wildman–Crippen MR) is 63.8 cm³/mol. The Kier molecular flexibility index (Phi) is 3.20. The fourth-order valence-electron chi connectivity index (χ4n) is 1.42. The van der Waals surface area contributed by atoms with Crippen molar-refractivity contribution < 1.29 is 9.18 Å². The Bertz CT molecular complexity index is 583. The van der Waals surface area contributed by atoms with E-state index in [0.717, 1.165) is 5.56 Å². The van der Waals surface area contributed by atoms with E-state index in [1.807, 2.05) is 6.92 Å². The van der Waals surface area contributed by atoms with E-state index >= 15 is 0 Å². The maximum atomic E-state index is 13.4. The van der Waals surface area contributed by atoms with Crippen LogP contribution in [0.1, 0.15) is 21.6 Å². The van der Waals surface area contributed by atoms with E-state index in [1.165, 1.54) is 24.4 Å². The molecule has 0 atom stereocenters. The summed E-state index contributed by atoms with van der Waals surface area (Å²) in [5.41, 5.74) is 1.01. The lowest BCUT2D eigenvalue weighted by Gasteiger charge is -2.03. The van der Waals surface area contributed by atoms with Crippen molar-refractivity contribution in [3.63, 3.8) is 0 Å². The number of nitrogens with zero attached hydrogens (tertiary/aromatic N) is 1. The van der Waals surface area contributed by atoms with Crippen molar-refractivity contribution in [2.75, 3.05) is 0 Å². The third-order valence-corrected chi connectivity index (χ3v) is 2.81. The molecular weight excluding hydrogens is 241 g/mol. The number of hydrogen-bond donors (Lipinski definition) is 0. The molecule has 86 valence electrons.